The van der Waals surface area contributed by atoms with Gasteiger partial charge in [-0.25, -0.2) is 0 Å². The fourth-order valence-electron chi connectivity index (χ4n) is 2.75. The van der Waals surface area contributed by atoms with Crippen LogP contribution in [0.3, 0.4) is 0 Å². The number of nitrogens with zero attached hydrogens (tertiary/aromatic N) is 1. The summed E-state index contributed by atoms with van der Waals surface area (Å²) in [6, 6.07) is 8.13. The Kier molecular flexibility index (Phi) is 5.71. The molecule has 1 aromatic carbocycles. The third-order valence-corrected chi connectivity index (χ3v) is 5.05. The first-order valence-electron chi connectivity index (χ1n) is 7.74. The zero-order valence-electron chi connectivity index (χ0n) is 13.1. The molecule has 1 aromatic heterocycles. The number of nitrogens with one attached hydrogen (secondary N) is 1. The maximum atomic E-state index is 12.6. The van der Waals surface area contributed by atoms with E-state index in [2.05, 4.69) is 21.2 Å². The molecule has 132 valence electrons. The van der Waals surface area contributed by atoms with E-state index in [0.717, 1.165) is 0 Å². The fourth-order valence-corrected chi connectivity index (χ4v) is 3.55. The Balaban J connectivity index is 1.56. The molecule has 1 saturated heterocycles. The lowest BCUT2D eigenvalue weighted by Gasteiger charge is -2.32. The number of halogens is 3. The van der Waals surface area contributed by atoms with Crippen LogP contribution in [0, 0.1) is 0 Å². The lowest BCUT2D eigenvalue weighted by molar-refractivity contribution is 0.0696. The van der Waals surface area contributed by atoms with E-state index in [1.807, 2.05) is 0 Å². The Morgan fingerprint density at radius 3 is 2.48 bits per heavy atom. The number of carbonyl (C=O) groups excluding carboxylic acids is 2. The third-order valence-electron chi connectivity index (χ3n) is 4.08. The molecular weight excluding hydrogens is 431 g/mol. The van der Waals surface area contributed by atoms with E-state index in [-0.39, 0.29) is 23.6 Å². The molecule has 1 aliphatic rings. The summed E-state index contributed by atoms with van der Waals surface area (Å²) in [6.07, 6.45) is 1.34. The first kappa shape index (κ1) is 18.3. The minimum absolute atomic E-state index is 0.00103. The SMILES string of the molecule is O=C(NC1CCN(C(=O)c2ccc(Cl)cc2Cl)CC1)c1ccc(Br)o1. The van der Waals surface area contributed by atoms with E-state index in [4.69, 9.17) is 27.6 Å². The van der Waals surface area contributed by atoms with Gasteiger partial charge in [0.2, 0.25) is 0 Å². The average Bonchev–Trinajstić information content (AvgIpc) is 3.02. The number of benzene rings is 1. The van der Waals surface area contributed by atoms with E-state index in [9.17, 15) is 9.59 Å². The van der Waals surface area contributed by atoms with Crippen molar-refractivity contribution >= 4 is 50.9 Å². The summed E-state index contributed by atoms with van der Waals surface area (Å²) in [5.74, 6) is -0.115. The van der Waals surface area contributed by atoms with E-state index in [1.54, 1.807) is 35.2 Å². The smallest absolute Gasteiger partial charge is 0.287 e. The van der Waals surface area contributed by atoms with Crippen LogP contribution in [0.5, 0.6) is 0 Å². The molecule has 5 nitrogen and oxygen atoms in total. The van der Waals surface area contributed by atoms with Gasteiger partial charge >= 0.3 is 0 Å². The molecule has 0 bridgehead atoms. The normalized spacial score (nSPS) is 15.2. The summed E-state index contributed by atoms with van der Waals surface area (Å²) in [7, 11) is 0. The van der Waals surface area contributed by atoms with Crippen molar-refractivity contribution in [3.8, 4) is 0 Å². The zero-order valence-corrected chi connectivity index (χ0v) is 16.2. The van der Waals surface area contributed by atoms with Crippen LogP contribution in [0.15, 0.2) is 39.4 Å². The second-order valence-corrected chi connectivity index (χ2v) is 7.39. The Morgan fingerprint density at radius 2 is 1.88 bits per heavy atom. The molecule has 1 N–H and O–H groups in total. The van der Waals surface area contributed by atoms with E-state index in [0.29, 0.717) is 46.2 Å². The van der Waals surface area contributed by atoms with E-state index in [1.165, 1.54) is 0 Å². The van der Waals surface area contributed by atoms with Gasteiger partial charge in [0.15, 0.2) is 10.4 Å². The molecule has 2 heterocycles. The second kappa shape index (κ2) is 7.81. The Labute approximate surface area is 163 Å². The van der Waals surface area contributed by atoms with Crippen molar-refractivity contribution in [3.63, 3.8) is 0 Å². The molecule has 0 radical (unpaired) electrons. The monoisotopic (exact) mass is 444 g/mol. The Hall–Kier alpha value is -1.50. The number of likely N-dealkylation sites (tertiary alicyclic amines) is 1. The standard InChI is InChI=1S/C17H15BrCl2N2O3/c18-15-4-3-14(25-15)16(23)21-11-5-7-22(8-6-11)17(24)12-2-1-10(19)9-13(12)20/h1-4,9,11H,5-8H2,(H,21,23). The summed E-state index contributed by atoms with van der Waals surface area (Å²) in [4.78, 5) is 26.4. The Bertz CT molecular complexity index is 801. The number of piperidine rings is 1. The largest absolute Gasteiger partial charge is 0.444 e. The van der Waals surface area contributed by atoms with Crippen molar-refractivity contribution in [1.29, 1.82) is 0 Å². The Morgan fingerprint density at radius 1 is 1.16 bits per heavy atom. The minimum Gasteiger partial charge on any atom is -0.444 e. The highest BCUT2D eigenvalue weighted by Crippen LogP contribution is 2.24. The third kappa shape index (κ3) is 4.37. The van der Waals surface area contributed by atoms with E-state index >= 15 is 0 Å². The number of amides is 2. The molecule has 0 unspecified atom stereocenters. The molecule has 0 aliphatic carbocycles. The predicted molar refractivity (Wildman–Crippen MR) is 99.3 cm³/mol. The predicted octanol–water partition coefficient (Wildman–Crippen LogP) is 4.38. The van der Waals surface area contributed by atoms with Crippen molar-refractivity contribution < 1.29 is 14.0 Å². The second-order valence-electron chi connectivity index (χ2n) is 5.77. The van der Waals surface area contributed by atoms with Gasteiger partial charge in [0.1, 0.15) is 0 Å². The van der Waals surface area contributed by atoms with Gasteiger partial charge in [0.05, 0.1) is 10.6 Å². The lowest BCUT2D eigenvalue weighted by Crippen LogP contribution is -2.46. The first-order chi connectivity index (χ1) is 11.9. The van der Waals surface area contributed by atoms with Crippen LogP contribution in [0.4, 0.5) is 0 Å². The summed E-state index contributed by atoms with van der Waals surface area (Å²) in [5.41, 5.74) is 0.439. The highest BCUT2D eigenvalue weighted by molar-refractivity contribution is 9.10. The minimum atomic E-state index is -0.253. The van der Waals surface area contributed by atoms with Crippen LogP contribution in [0.2, 0.25) is 10.0 Å². The van der Waals surface area contributed by atoms with Crippen LogP contribution in [0.25, 0.3) is 0 Å². The van der Waals surface area contributed by atoms with Crippen molar-refractivity contribution in [3.05, 3.63) is 56.4 Å². The van der Waals surface area contributed by atoms with Gasteiger partial charge in [-0.1, -0.05) is 23.2 Å². The van der Waals surface area contributed by atoms with Gasteiger partial charge < -0.3 is 14.6 Å². The van der Waals surface area contributed by atoms with Crippen LogP contribution >= 0.6 is 39.1 Å². The van der Waals surface area contributed by atoms with E-state index < -0.39 is 0 Å². The molecular formula is C17H15BrCl2N2O3. The van der Waals surface area contributed by atoms with Gasteiger partial charge in [0, 0.05) is 24.2 Å². The van der Waals surface area contributed by atoms with Crippen molar-refractivity contribution in [1.82, 2.24) is 10.2 Å². The zero-order chi connectivity index (χ0) is 18.0. The van der Waals surface area contributed by atoms with Gasteiger partial charge in [0.25, 0.3) is 11.8 Å². The number of rotatable bonds is 3. The fraction of sp³-hybridized carbons (Fsp3) is 0.294. The topological polar surface area (TPSA) is 62.6 Å². The quantitative estimate of drug-likeness (QED) is 0.762. The van der Waals surface area contributed by atoms with Gasteiger partial charge in [-0.3, -0.25) is 9.59 Å². The highest BCUT2D eigenvalue weighted by Gasteiger charge is 2.26. The maximum absolute atomic E-state index is 12.6. The van der Waals surface area contributed by atoms with Crippen molar-refractivity contribution in [2.24, 2.45) is 0 Å². The molecule has 25 heavy (non-hydrogen) atoms. The van der Waals surface area contributed by atoms with Gasteiger partial charge in [-0.15, -0.1) is 0 Å². The molecule has 0 saturated carbocycles. The van der Waals surface area contributed by atoms with Crippen molar-refractivity contribution in [2.75, 3.05) is 13.1 Å². The van der Waals surface area contributed by atoms with Crippen LogP contribution in [-0.2, 0) is 0 Å². The number of hydrogen-bond donors (Lipinski definition) is 1. The molecule has 2 aromatic rings. The molecule has 0 spiro atoms. The lowest BCUT2D eigenvalue weighted by atomic mass is 10.0. The molecule has 1 fully saturated rings. The van der Waals surface area contributed by atoms with Crippen LogP contribution in [0.1, 0.15) is 33.8 Å². The van der Waals surface area contributed by atoms with Crippen LogP contribution in [-0.4, -0.2) is 35.8 Å². The number of hydrogen-bond acceptors (Lipinski definition) is 3. The molecule has 3 rings (SSSR count). The maximum Gasteiger partial charge on any atom is 0.287 e. The van der Waals surface area contributed by atoms with Gasteiger partial charge in [-0.05, 0) is 59.1 Å². The molecule has 0 atom stereocenters. The first-order valence-corrected chi connectivity index (χ1v) is 9.29. The van der Waals surface area contributed by atoms with Crippen LogP contribution < -0.4 is 5.32 Å². The highest BCUT2D eigenvalue weighted by atomic mass is 79.9. The molecule has 1 aliphatic heterocycles. The summed E-state index contributed by atoms with van der Waals surface area (Å²) < 4.78 is 5.75. The average molecular weight is 446 g/mol. The molecule has 2 amide bonds. The summed E-state index contributed by atoms with van der Waals surface area (Å²) in [5, 5.41) is 3.77. The number of carbonyl (C=O) groups is 2. The van der Waals surface area contributed by atoms with Gasteiger partial charge in [-0.2, -0.15) is 0 Å². The summed E-state index contributed by atoms with van der Waals surface area (Å²) in [6.45, 7) is 1.09. The molecule has 8 heteroatoms. The number of furan rings is 1. The van der Waals surface area contributed by atoms with Crippen molar-refractivity contribution in [2.45, 2.75) is 18.9 Å². The summed E-state index contributed by atoms with van der Waals surface area (Å²) >= 11 is 15.1.